The summed E-state index contributed by atoms with van der Waals surface area (Å²) in [6, 6.07) is 15.8. The van der Waals surface area contributed by atoms with Crippen LogP contribution in [0.15, 0.2) is 60.8 Å². The molecule has 2 aromatic carbocycles. The van der Waals surface area contributed by atoms with Gasteiger partial charge in [0, 0.05) is 16.9 Å². The molecule has 0 unspecified atom stereocenters. The fraction of sp³-hybridized carbons (Fsp3) is 0. The van der Waals surface area contributed by atoms with Crippen LogP contribution in [0, 0.1) is 0 Å². The van der Waals surface area contributed by atoms with Gasteiger partial charge in [0.05, 0.1) is 10.7 Å². The van der Waals surface area contributed by atoms with E-state index in [0.29, 0.717) is 21.7 Å². The Hall–Kier alpha value is -2.63. The van der Waals surface area contributed by atoms with Crippen LogP contribution in [-0.4, -0.2) is 15.9 Å². The van der Waals surface area contributed by atoms with Crippen molar-refractivity contribution >= 4 is 46.4 Å². The molecular weight excluding hydrogens is 347 g/mol. The van der Waals surface area contributed by atoms with Gasteiger partial charge >= 0.3 is 0 Å². The summed E-state index contributed by atoms with van der Waals surface area (Å²) in [6.07, 6.45) is 1.51. The number of nitrogens with one attached hydrogen (secondary N) is 2. The van der Waals surface area contributed by atoms with Crippen LogP contribution in [0.4, 0.5) is 17.3 Å². The molecule has 5 nitrogen and oxygen atoms in total. The highest BCUT2D eigenvalue weighted by atomic mass is 35.5. The molecule has 0 aliphatic heterocycles. The third-order valence-corrected chi connectivity index (χ3v) is 3.65. The van der Waals surface area contributed by atoms with E-state index in [0.717, 1.165) is 5.69 Å². The number of carbonyl (C=O) groups excluding carboxylic acids is 1. The SMILES string of the molecule is O=C(Nc1ccc(Cl)cc1Cl)c1ccnc(Nc2ccccc2)n1. The third-order valence-electron chi connectivity index (χ3n) is 3.10. The molecule has 0 bridgehead atoms. The van der Waals surface area contributed by atoms with E-state index in [-0.39, 0.29) is 5.69 Å². The first kappa shape index (κ1) is 16.2. The van der Waals surface area contributed by atoms with Gasteiger partial charge in [0.15, 0.2) is 0 Å². The minimum absolute atomic E-state index is 0.217. The van der Waals surface area contributed by atoms with Crippen LogP contribution >= 0.6 is 23.2 Å². The molecule has 1 amide bonds. The van der Waals surface area contributed by atoms with E-state index in [1.807, 2.05) is 30.3 Å². The summed E-state index contributed by atoms with van der Waals surface area (Å²) in [5.74, 6) is -0.0613. The van der Waals surface area contributed by atoms with E-state index < -0.39 is 5.91 Å². The Morgan fingerprint density at radius 1 is 1.00 bits per heavy atom. The summed E-state index contributed by atoms with van der Waals surface area (Å²) in [5, 5.41) is 6.58. The maximum absolute atomic E-state index is 12.3. The summed E-state index contributed by atoms with van der Waals surface area (Å²) in [6.45, 7) is 0. The quantitative estimate of drug-likeness (QED) is 0.704. The molecule has 0 aliphatic carbocycles. The van der Waals surface area contributed by atoms with Crippen molar-refractivity contribution in [3.8, 4) is 0 Å². The third kappa shape index (κ3) is 4.01. The predicted molar refractivity (Wildman–Crippen MR) is 96.2 cm³/mol. The Bertz CT molecular complexity index is 871. The fourth-order valence-corrected chi connectivity index (χ4v) is 2.43. The summed E-state index contributed by atoms with van der Waals surface area (Å²) >= 11 is 11.9. The number of hydrogen-bond donors (Lipinski definition) is 2. The van der Waals surface area contributed by atoms with E-state index in [4.69, 9.17) is 23.2 Å². The molecule has 7 heteroatoms. The number of anilines is 3. The molecule has 0 spiro atoms. The standard InChI is InChI=1S/C17H12Cl2N4O/c18-11-6-7-14(13(19)10-11)22-16(24)15-8-9-20-17(23-15)21-12-4-2-1-3-5-12/h1-10H,(H,22,24)(H,20,21,23). The molecular formula is C17H12Cl2N4O. The first-order chi connectivity index (χ1) is 11.6. The van der Waals surface area contributed by atoms with Crippen LogP contribution in [-0.2, 0) is 0 Å². The normalized spacial score (nSPS) is 10.2. The highest BCUT2D eigenvalue weighted by Crippen LogP contribution is 2.25. The number of amides is 1. The maximum atomic E-state index is 12.3. The number of aromatic nitrogens is 2. The van der Waals surface area contributed by atoms with Gasteiger partial charge in [-0.15, -0.1) is 0 Å². The van der Waals surface area contributed by atoms with Crippen molar-refractivity contribution in [3.05, 3.63) is 76.5 Å². The zero-order valence-corrected chi connectivity index (χ0v) is 13.8. The molecule has 3 aromatic rings. The van der Waals surface area contributed by atoms with Crippen LogP contribution in [0.2, 0.25) is 10.0 Å². The number of benzene rings is 2. The number of carbonyl (C=O) groups is 1. The van der Waals surface area contributed by atoms with Crippen LogP contribution in [0.3, 0.4) is 0 Å². The smallest absolute Gasteiger partial charge is 0.274 e. The average molecular weight is 359 g/mol. The molecule has 1 aromatic heterocycles. The van der Waals surface area contributed by atoms with Gasteiger partial charge < -0.3 is 10.6 Å². The van der Waals surface area contributed by atoms with Gasteiger partial charge in [-0.3, -0.25) is 4.79 Å². The van der Waals surface area contributed by atoms with E-state index in [1.54, 1.807) is 18.2 Å². The second kappa shape index (κ2) is 7.29. The van der Waals surface area contributed by atoms with E-state index in [9.17, 15) is 4.79 Å². The van der Waals surface area contributed by atoms with Gasteiger partial charge in [0.25, 0.3) is 5.91 Å². The maximum Gasteiger partial charge on any atom is 0.274 e. The van der Waals surface area contributed by atoms with Gasteiger partial charge in [-0.05, 0) is 36.4 Å². The Kier molecular flexibility index (Phi) is 4.93. The lowest BCUT2D eigenvalue weighted by atomic mass is 10.3. The lowest BCUT2D eigenvalue weighted by Gasteiger charge is -2.08. The molecule has 120 valence electrons. The number of halogens is 2. The second-order valence-corrected chi connectivity index (χ2v) is 5.68. The summed E-state index contributed by atoms with van der Waals surface area (Å²) < 4.78 is 0. The fourth-order valence-electron chi connectivity index (χ4n) is 1.97. The van der Waals surface area contributed by atoms with Crippen molar-refractivity contribution in [1.29, 1.82) is 0 Å². The van der Waals surface area contributed by atoms with E-state index >= 15 is 0 Å². The molecule has 0 radical (unpaired) electrons. The summed E-state index contributed by atoms with van der Waals surface area (Å²) in [4.78, 5) is 20.7. The monoisotopic (exact) mass is 358 g/mol. The summed E-state index contributed by atoms with van der Waals surface area (Å²) in [5.41, 5.74) is 1.51. The average Bonchev–Trinajstić information content (AvgIpc) is 2.58. The van der Waals surface area contributed by atoms with Crippen molar-refractivity contribution < 1.29 is 4.79 Å². The van der Waals surface area contributed by atoms with E-state index in [2.05, 4.69) is 20.6 Å². The number of para-hydroxylation sites is 1. The Morgan fingerprint density at radius 3 is 2.54 bits per heavy atom. The Morgan fingerprint density at radius 2 is 1.79 bits per heavy atom. The van der Waals surface area contributed by atoms with Gasteiger partial charge in [-0.1, -0.05) is 41.4 Å². The largest absolute Gasteiger partial charge is 0.324 e. The van der Waals surface area contributed by atoms with Crippen molar-refractivity contribution in [2.24, 2.45) is 0 Å². The molecule has 24 heavy (non-hydrogen) atoms. The molecule has 2 N–H and O–H groups in total. The molecule has 0 fully saturated rings. The second-order valence-electron chi connectivity index (χ2n) is 4.83. The molecule has 0 aliphatic rings. The van der Waals surface area contributed by atoms with Crippen molar-refractivity contribution in [3.63, 3.8) is 0 Å². The van der Waals surface area contributed by atoms with Gasteiger partial charge in [0.2, 0.25) is 5.95 Å². The number of rotatable bonds is 4. The van der Waals surface area contributed by atoms with Crippen LogP contribution < -0.4 is 10.6 Å². The van der Waals surface area contributed by atoms with Crippen LogP contribution in [0.5, 0.6) is 0 Å². The van der Waals surface area contributed by atoms with E-state index in [1.165, 1.54) is 12.3 Å². The predicted octanol–water partition coefficient (Wildman–Crippen LogP) is 4.78. The first-order valence-electron chi connectivity index (χ1n) is 7.03. The lowest BCUT2D eigenvalue weighted by molar-refractivity contribution is 0.102. The first-order valence-corrected chi connectivity index (χ1v) is 7.79. The van der Waals surface area contributed by atoms with Crippen molar-refractivity contribution in [2.75, 3.05) is 10.6 Å². The number of hydrogen-bond acceptors (Lipinski definition) is 4. The Labute approximate surface area is 148 Å². The molecule has 3 rings (SSSR count). The minimum Gasteiger partial charge on any atom is -0.324 e. The highest BCUT2D eigenvalue weighted by Gasteiger charge is 2.11. The minimum atomic E-state index is -0.391. The molecule has 0 saturated carbocycles. The zero-order valence-electron chi connectivity index (χ0n) is 12.3. The molecule has 1 heterocycles. The number of nitrogens with zero attached hydrogens (tertiary/aromatic N) is 2. The molecule has 0 saturated heterocycles. The van der Waals surface area contributed by atoms with Crippen molar-refractivity contribution in [2.45, 2.75) is 0 Å². The van der Waals surface area contributed by atoms with Gasteiger partial charge in [-0.2, -0.15) is 0 Å². The van der Waals surface area contributed by atoms with Crippen LogP contribution in [0.25, 0.3) is 0 Å². The van der Waals surface area contributed by atoms with Crippen LogP contribution in [0.1, 0.15) is 10.5 Å². The highest BCUT2D eigenvalue weighted by molar-refractivity contribution is 6.36. The summed E-state index contributed by atoms with van der Waals surface area (Å²) in [7, 11) is 0. The molecule has 0 atom stereocenters. The topological polar surface area (TPSA) is 66.9 Å². The van der Waals surface area contributed by atoms with Gasteiger partial charge in [-0.25, -0.2) is 9.97 Å². The Balaban J connectivity index is 1.77. The van der Waals surface area contributed by atoms with Crippen molar-refractivity contribution in [1.82, 2.24) is 9.97 Å². The zero-order chi connectivity index (χ0) is 16.9. The van der Waals surface area contributed by atoms with Gasteiger partial charge in [0.1, 0.15) is 5.69 Å². The lowest BCUT2D eigenvalue weighted by Crippen LogP contribution is -2.15.